The van der Waals surface area contributed by atoms with E-state index in [9.17, 15) is 8.42 Å². The first kappa shape index (κ1) is 12.1. The molecule has 0 saturated carbocycles. The van der Waals surface area contributed by atoms with E-state index in [1.807, 2.05) is 4.90 Å². The van der Waals surface area contributed by atoms with Crippen LogP contribution in [0.1, 0.15) is 0 Å². The Morgan fingerprint density at radius 3 is 2.41 bits per heavy atom. The molecule has 1 heterocycles. The molecule has 92 valence electrons. The SMILES string of the molecule is O=S(=O)(C=CN1CCOCC1)c1ccccc1. The lowest BCUT2D eigenvalue weighted by molar-refractivity contribution is 0.0595. The summed E-state index contributed by atoms with van der Waals surface area (Å²) in [5.41, 5.74) is 0. The molecule has 0 aliphatic carbocycles. The molecule has 0 aromatic heterocycles. The van der Waals surface area contributed by atoms with Crippen molar-refractivity contribution >= 4 is 9.84 Å². The summed E-state index contributed by atoms with van der Waals surface area (Å²) in [5, 5.41) is 1.26. The zero-order chi connectivity index (χ0) is 12.1. The van der Waals surface area contributed by atoms with Crippen LogP contribution in [0.3, 0.4) is 0 Å². The normalized spacial score (nSPS) is 17.5. The molecule has 0 spiro atoms. The van der Waals surface area contributed by atoms with Crippen molar-refractivity contribution in [1.82, 2.24) is 4.90 Å². The van der Waals surface area contributed by atoms with Gasteiger partial charge in [-0.25, -0.2) is 8.42 Å². The fourth-order valence-corrected chi connectivity index (χ4v) is 2.61. The number of nitrogens with zero attached hydrogens (tertiary/aromatic N) is 1. The summed E-state index contributed by atoms with van der Waals surface area (Å²) >= 11 is 0. The average Bonchev–Trinajstić information content (AvgIpc) is 2.39. The number of morpholine rings is 1. The molecule has 0 N–H and O–H groups in total. The Morgan fingerprint density at radius 1 is 1.12 bits per heavy atom. The molecule has 0 unspecified atom stereocenters. The largest absolute Gasteiger partial charge is 0.378 e. The minimum atomic E-state index is -3.32. The van der Waals surface area contributed by atoms with E-state index >= 15 is 0 Å². The predicted molar refractivity (Wildman–Crippen MR) is 65.2 cm³/mol. The molecule has 1 aliphatic rings. The van der Waals surface area contributed by atoms with Gasteiger partial charge in [-0.05, 0) is 12.1 Å². The van der Waals surface area contributed by atoms with E-state index in [1.54, 1.807) is 36.5 Å². The molecule has 0 atom stereocenters. The highest BCUT2D eigenvalue weighted by Gasteiger charge is 2.11. The summed E-state index contributed by atoms with van der Waals surface area (Å²) in [6.45, 7) is 2.77. The van der Waals surface area contributed by atoms with Gasteiger partial charge in [-0.1, -0.05) is 18.2 Å². The van der Waals surface area contributed by atoms with Gasteiger partial charge in [-0.15, -0.1) is 0 Å². The lowest BCUT2D eigenvalue weighted by atomic mass is 10.4. The maximum Gasteiger partial charge on any atom is 0.201 e. The third-order valence-electron chi connectivity index (χ3n) is 2.57. The van der Waals surface area contributed by atoms with Crippen LogP contribution in [0, 0.1) is 0 Å². The van der Waals surface area contributed by atoms with Crippen molar-refractivity contribution in [3.8, 4) is 0 Å². The Hall–Kier alpha value is -1.33. The molecule has 4 nitrogen and oxygen atoms in total. The molecule has 1 aliphatic heterocycles. The average molecular weight is 253 g/mol. The third kappa shape index (κ3) is 3.31. The van der Waals surface area contributed by atoms with E-state index in [0.29, 0.717) is 18.1 Å². The number of hydrogen-bond acceptors (Lipinski definition) is 4. The van der Waals surface area contributed by atoms with E-state index in [1.165, 1.54) is 5.41 Å². The first-order valence-corrected chi connectivity index (χ1v) is 7.03. The second-order valence-electron chi connectivity index (χ2n) is 3.79. The highest BCUT2D eigenvalue weighted by molar-refractivity contribution is 7.94. The fraction of sp³-hybridized carbons (Fsp3) is 0.333. The van der Waals surface area contributed by atoms with Crippen LogP contribution in [0.2, 0.25) is 0 Å². The Kier molecular flexibility index (Phi) is 3.81. The molecule has 1 aromatic carbocycles. The molecule has 1 fully saturated rings. The molecule has 0 amide bonds. The molecule has 17 heavy (non-hydrogen) atoms. The van der Waals surface area contributed by atoms with Gasteiger partial charge in [0.1, 0.15) is 0 Å². The third-order valence-corrected chi connectivity index (χ3v) is 3.98. The summed E-state index contributed by atoms with van der Waals surface area (Å²) in [7, 11) is -3.32. The van der Waals surface area contributed by atoms with E-state index in [4.69, 9.17) is 4.74 Å². The first-order valence-electron chi connectivity index (χ1n) is 5.49. The lowest BCUT2D eigenvalue weighted by Crippen LogP contribution is -2.32. The van der Waals surface area contributed by atoms with Crippen LogP contribution in [0.4, 0.5) is 0 Å². The van der Waals surface area contributed by atoms with Crippen LogP contribution in [0.25, 0.3) is 0 Å². The lowest BCUT2D eigenvalue weighted by Gasteiger charge is -2.24. The summed E-state index contributed by atoms with van der Waals surface area (Å²) in [6.07, 6.45) is 1.63. The maximum absolute atomic E-state index is 11.9. The molecule has 0 bridgehead atoms. The van der Waals surface area contributed by atoms with Gasteiger partial charge < -0.3 is 9.64 Å². The zero-order valence-corrected chi connectivity index (χ0v) is 10.3. The van der Waals surface area contributed by atoms with Gasteiger partial charge in [-0.2, -0.15) is 0 Å². The van der Waals surface area contributed by atoms with Crippen molar-refractivity contribution in [3.63, 3.8) is 0 Å². The molecular formula is C12H15NO3S. The minimum Gasteiger partial charge on any atom is -0.378 e. The Balaban J connectivity index is 2.09. The van der Waals surface area contributed by atoms with Gasteiger partial charge in [0.25, 0.3) is 0 Å². The first-order chi connectivity index (χ1) is 8.18. The Labute approximate surface area is 101 Å². The van der Waals surface area contributed by atoms with Crippen LogP contribution < -0.4 is 0 Å². The van der Waals surface area contributed by atoms with Crippen LogP contribution in [-0.4, -0.2) is 39.6 Å². The van der Waals surface area contributed by atoms with E-state index < -0.39 is 9.84 Å². The molecular weight excluding hydrogens is 238 g/mol. The molecule has 1 saturated heterocycles. The number of ether oxygens (including phenoxy) is 1. The van der Waals surface area contributed by atoms with Crippen LogP contribution in [0.5, 0.6) is 0 Å². The van der Waals surface area contributed by atoms with Gasteiger partial charge in [0.15, 0.2) is 0 Å². The summed E-state index contributed by atoms with van der Waals surface area (Å²) < 4.78 is 29.1. The quantitative estimate of drug-likeness (QED) is 0.813. The zero-order valence-electron chi connectivity index (χ0n) is 9.45. The van der Waals surface area contributed by atoms with Gasteiger partial charge >= 0.3 is 0 Å². The second kappa shape index (κ2) is 5.33. The van der Waals surface area contributed by atoms with Crippen molar-refractivity contribution in [2.24, 2.45) is 0 Å². The standard InChI is InChI=1S/C12H15NO3S/c14-17(15,12-4-2-1-3-5-12)11-8-13-6-9-16-10-7-13/h1-5,8,11H,6-7,9-10H2. The van der Waals surface area contributed by atoms with E-state index in [2.05, 4.69) is 0 Å². The summed E-state index contributed by atoms with van der Waals surface area (Å²) in [5.74, 6) is 0. The molecule has 2 rings (SSSR count). The Morgan fingerprint density at radius 2 is 1.76 bits per heavy atom. The van der Waals surface area contributed by atoms with Crippen molar-refractivity contribution in [2.75, 3.05) is 26.3 Å². The summed E-state index contributed by atoms with van der Waals surface area (Å²) in [4.78, 5) is 2.27. The summed E-state index contributed by atoms with van der Waals surface area (Å²) in [6, 6.07) is 8.42. The van der Waals surface area contributed by atoms with Crippen molar-refractivity contribution in [2.45, 2.75) is 4.90 Å². The molecule has 5 heteroatoms. The van der Waals surface area contributed by atoms with E-state index in [0.717, 1.165) is 13.1 Å². The number of benzene rings is 1. The van der Waals surface area contributed by atoms with Crippen molar-refractivity contribution < 1.29 is 13.2 Å². The van der Waals surface area contributed by atoms with Crippen LogP contribution >= 0.6 is 0 Å². The van der Waals surface area contributed by atoms with Gasteiger partial charge in [0.2, 0.25) is 9.84 Å². The second-order valence-corrected chi connectivity index (χ2v) is 5.63. The topological polar surface area (TPSA) is 46.6 Å². The highest BCUT2D eigenvalue weighted by atomic mass is 32.2. The maximum atomic E-state index is 11.9. The fourth-order valence-electron chi connectivity index (χ4n) is 1.58. The van der Waals surface area contributed by atoms with Gasteiger partial charge in [-0.3, -0.25) is 0 Å². The smallest absolute Gasteiger partial charge is 0.201 e. The molecule has 1 aromatic rings. The number of sulfone groups is 1. The molecule has 0 radical (unpaired) electrons. The van der Waals surface area contributed by atoms with Gasteiger partial charge in [0, 0.05) is 19.3 Å². The van der Waals surface area contributed by atoms with Crippen molar-refractivity contribution in [1.29, 1.82) is 0 Å². The van der Waals surface area contributed by atoms with Gasteiger partial charge in [0.05, 0.1) is 23.5 Å². The highest BCUT2D eigenvalue weighted by Crippen LogP contribution is 2.11. The predicted octanol–water partition coefficient (Wildman–Crippen LogP) is 1.26. The Bertz CT molecular complexity index is 476. The minimum absolute atomic E-state index is 0.324. The van der Waals surface area contributed by atoms with Crippen LogP contribution in [-0.2, 0) is 14.6 Å². The van der Waals surface area contributed by atoms with Crippen molar-refractivity contribution in [3.05, 3.63) is 41.9 Å². The monoisotopic (exact) mass is 253 g/mol. The van der Waals surface area contributed by atoms with Crippen LogP contribution in [0.15, 0.2) is 46.8 Å². The number of rotatable bonds is 3. The van der Waals surface area contributed by atoms with E-state index in [-0.39, 0.29) is 0 Å². The number of hydrogen-bond donors (Lipinski definition) is 0.